The summed E-state index contributed by atoms with van der Waals surface area (Å²) in [5.41, 5.74) is 1.12. The van der Waals surface area contributed by atoms with E-state index in [1.807, 2.05) is 30.3 Å². The predicted octanol–water partition coefficient (Wildman–Crippen LogP) is 5.15. The first-order valence-electron chi connectivity index (χ1n) is 9.43. The first kappa shape index (κ1) is 21.7. The van der Waals surface area contributed by atoms with Gasteiger partial charge in [0, 0.05) is 18.0 Å². The second-order valence-electron chi connectivity index (χ2n) is 6.70. The lowest BCUT2D eigenvalue weighted by Gasteiger charge is -2.13. The Morgan fingerprint density at radius 2 is 1.91 bits per heavy atom. The van der Waals surface area contributed by atoms with Gasteiger partial charge in [-0.2, -0.15) is 18.3 Å². The Morgan fingerprint density at radius 3 is 2.62 bits per heavy atom. The molecule has 0 aliphatic heterocycles. The van der Waals surface area contributed by atoms with Gasteiger partial charge in [0.1, 0.15) is 10.8 Å². The van der Waals surface area contributed by atoms with Crippen LogP contribution in [0.1, 0.15) is 5.56 Å². The monoisotopic (exact) mass is 458 g/mol. The predicted molar refractivity (Wildman–Crippen MR) is 116 cm³/mol. The minimum absolute atomic E-state index is 0.109. The maximum Gasteiger partial charge on any atom is 0.418 e. The van der Waals surface area contributed by atoms with Crippen molar-refractivity contribution in [1.82, 2.24) is 14.6 Å². The van der Waals surface area contributed by atoms with Gasteiger partial charge >= 0.3 is 6.18 Å². The maximum atomic E-state index is 13.1. The summed E-state index contributed by atoms with van der Waals surface area (Å²) in [4.78, 5) is 16.6. The van der Waals surface area contributed by atoms with E-state index in [1.54, 1.807) is 24.0 Å². The lowest BCUT2D eigenvalue weighted by molar-refractivity contribution is -0.137. The topological polar surface area (TPSA) is 68.5 Å². The summed E-state index contributed by atoms with van der Waals surface area (Å²) in [5.74, 6) is 0.0565. The Bertz CT molecular complexity index is 1260. The molecule has 0 fully saturated rings. The molecule has 2 aromatic heterocycles. The smallest absolute Gasteiger partial charge is 0.418 e. The van der Waals surface area contributed by atoms with Crippen molar-refractivity contribution in [1.29, 1.82) is 0 Å². The van der Waals surface area contributed by atoms with Crippen LogP contribution in [0.15, 0.2) is 72.0 Å². The van der Waals surface area contributed by atoms with Crippen molar-refractivity contribution >= 4 is 28.9 Å². The molecule has 1 N–H and O–H groups in total. The van der Waals surface area contributed by atoms with E-state index in [1.165, 1.54) is 18.2 Å². The number of methoxy groups -OCH3 is 1. The van der Waals surface area contributed by atoms with Crippen molar-refractivity contribution in [2.24, 2.45) is 0 Å². The van der Waals surface area contributed by atoms with E-state index in [-0.39, 0.29) is 11.4 Å². The van der Waals surface area contributed by atoms with Crippen LogP contribution in [0, 0.1) is 0 Å². The lowest BCUT2D eigenvalue weighted by Crippen LogP contribution is -2.18. The molecule has 32 heavy (non-hydrogen) atoms. The molecule has 0 aliphatic rings. The number of ether oxygens (including phenoxy) is 1. The number of para-hydroxylation sites is 1. The van der Waals surface area contributed by atoms with Crippen LogP contribution in [0.2, 0.25) is 0 Å². The second-order valence-corrected chi connectivity index (χ2v) is 7.66. The minimum Gasteiger partial charge on any atom is -0.497 e. The molecule has 6 nitrogen and oxygen atoms in total. The van der Waals surface area contributed by atoms with Crippen LogP contribution >= 0.6 is 11.8 Å². The van der Waals surface area contributed by atoms with Crippen LogP contribution in [0.3, 0.4) is 0 Å². The van der Waals surface area contributed by atoms with E-state index in [2.05, 4.69) is 15.4 Å². The largest absolute Gasteiger partial charge is 0.497 e. The quantitative estimate of drug-likeness (QED) is 0.405. The lowest BCUT2D eigenvalue weighted by atomic mass is 10.1. The summed E-state index contributed by atoms with van der Waals surface area (Å²) in [6, 6.07) is 14.1. The molecule has 10 heteroatoms. The summed E-state index contributed by atoms with van der Waals surface area (Å²) in [6.45, 7) is 0. The van der Waals surface area contributed by atoms with Crippen molar-refractivity contribution in [2.75, 3.05) is 18.2 Å². The van der Waals surface area contributed by atoms with E-state index in [0.29, 0.717) is 16.2 Å². The van der Waals surface area contributed by atoms with Gasteiger partial charge < -0.3 is 10.1 Å². The third kappa shape index (κ3) is 4.70. The molecule has 0 unspecified atom stereocenters. The van der Waals surface area contributed by atoms with Gasteiger partial charge in [-0.1, -0.05) is 23.9 Å². The van der Waals surface area contributed by atoms with E-state index in [9.17, 15) is 18.0 Å². The molecule has 0 aliphatic carbocycles. The van der Waals surface area contributed by atoms with Gasteiger partial charge in [-0.05, 0) is 42.5 Å². The minimum atomic E-state index is -4.56. The van der Waals surface area contributed by atoms with Gasteiger partial charge in [-0.3, -0.25) is 4.79 Å². The average molecular weight is 458 g/mol. The number of hydrogen-bond donors (Lipinski definition) is 1. The van der Waals surface area contributed by atoms with Gasteiger partial charge in [0.2, 0.25) is 5.91 Å². The second kappa shape index (κ2) is 8.91. The van der Waals surface area contributed by atoms with Gasteiger partial charge in [-0.15, -0.1) is 0 Å². The maximum absolute atomic E-state index is 13.1. The highest BCUT2D eigenvalue weighted by Gasteiger charge is 2.33. The molecule has 1 amide bonds. The Kier molecular flexibility index (Phi) is 6.04. The normalized spacial score (nSPS) is 11.5. The van der Waals surface area contributed by atoms with Gasteiger partial charge in [-0.25, -0.2) is 9.50 Å². The Labute approximate surface area is 185 Å². The van der Waals surface area contributed by atoms with E-state index in [4.69, 9.17) is 4.74 Å². The molecule has 4 rings (SSSR count). The highest BCUT2D eigenvalue weighted by Crippen LogP contribution is 2.35. The number of nitrogens with zero attached hydrogens (tertiary/aromatic N) is 3. The van der Waals surface area contributed by atoms with Crippen LogP contribution in [0.4, 0.5) is 18.9 Å². The van der Waals surface area contributed by atoms with Crippen LogP contribution < -0.4 is 10.1 Å². The number of anilines is 1. The first-order valence-corrected chi connectivity index (χ1v) is 10.4. The van der Waals surface area contributed by atoms with Crippen molar-refractivity contribution in [2.45, 2.75) is 11.2 Å². The number of nitrogens with one attached hydrogen (secondary N) is 1. The third-order valence-corrected chi connectivity index (χ3v) is 5.58. The molecule has 0 radical (unpaired) electrons. The highest BCUT2D eigenvalue weighted by molar-refractivity contribution is 8.00. The number of aromatic nitrogens is 3. The highest BCUT2D eigenvalue weighted by atomic mass is 32.2. The van der Waals surface area contributed by atoms with Crippen LogP contribution in [-0.4, -0.2) is 33.4 Å². The van der Waals surface area contributed by atoms with Crippen molar-refractivity contribution < 1.29 is 22.7 Å². The van der Waals surface area contributed by atoms with Gasteiger partial charge in [0.15, 0.2) is 0 Å². The number of amides is 1. The summed E-state index contributed by atoms with van der Waals surface area (Å²) in [7, 11) is 1.59. The fraction of sp³-hybridized carbons (Fsp3) is 0.136. The number of thioether (sulfide) groups is 1. The summed E-state index contributed by atoms with van der Waals surface area (Å²) in [6.07, 6.45) is -1.32. The van der Waals surface area contributed by atoms with E-state index >= 15 is 0 Å². The molecule has 0 saturated carbocycles. The van der Waals surface area contributed by atoms with Crippen LogP contribution in [-0.2, 0) is 11.0 Å². The van der Waals surface area contributed by atoms with Gasteiger partial charge in [0.05, 0.1) is 35.3 Å². The van der Waals surface area contributed by atoms with Crippen molar-refractivity contribution in [3.63, 3.8) is 0 Å². The SMILES string of the molecule is COc1ccc(-c2cc3c(SCC(=O)Nc4ccccc4C(F)(F)F)nccn3n2)cc1. The zero-order valence-corrected chi connectivity index (χ0v) is 17.6. The van der Waals surface area contributed by atoms with E-state index < -0.39 is 17.6 Å². The van der Waals surface area contributed by atoms with E-state index in [0.717, 1.165) is 29.1 Å². The molecule has 0 spiro atoms. The van der Waals surface area contributed by atoms with Crippen molar-refractivity contribution in [3.8, 4) is 17.0 Å². The van der Waals surface area contributed by atoms with Gasteiger partial charge in [0.25, 0.3) is 0 Å². The number of fused-ring (bicyclic) bond motifs is 1. The molecule has 2 aromatic carbocycles. The average Bonchev–Trinajstić information content (AvgIpc) is 3.22. The number of hydrogen-bond acceptors (Lipinski definition) is 5. The molecule has 164 valence electrons. The molecular formula is C22H17F3N4O2S. The number of benzene rings is 2. The standard InChI is InChI=1S/C22H17F3N4O2S/c1-31-15-8-6-14(7-9-15)18-12-19-21(26-10-11-29(19)28-18)32-13-20(30)27-17-5-3-2-4-16(17)22(23,24)25/h2-12H,13H2,1H3,(H,27,30). The number of carbonyl (C=O) groups excluding carboxylic acids is 1. The number of carbonyl (C=O) groups is 1. The first-order chi connectivity index (χ1) is 15.3. The number of halogens is 3. The molecular weight excluding hydrogens is 441 g/mol. The molecule has 4 aromatic rings. The van der Waals surface area contributed by atoms with Crippen LogP contribution in [0.25, 0.3) is 16.8 Å². The zero-order valence-electron chi connectivity index (χ0n) is 16.8. The Hall–Kier alpha value is -3.53. The summed E-state index contributed by atoms with van der Waals surface area (Å²) in [5, 5.41) is 7.41. The van der Waals surface area contributed by atoms with Crippen molar-refractivity contribution in [3.05, 3.63) is 72.6 Å². The molecule has 0 atom stereocenters. The fourth-order valence-electron chi connectivity index (χ4n) is 3.07. The zero-order chi connectivity index (χ0) is 22.7. The summed E-state index contributed by atoms with van der Waals surface area (Å²) < 4.78 is 46.2. The van der Waals surface area contributed by atoms with Crippen LogP contribution in [0.5, 0.6) is 5.75 Å². The molecule has 0 bridgehead atoms. The third-order valence-electron chi connectivity index (χ3n) is 4.59. The fourth-order valence-corrected chi connectivity index (χ4v) is 3.85. The molecule has 0 saturated heterocycles. The number of rotatable bonds is 6. The Balaban J connectivity index is 1.50. The Morgan fingerprint density at radius 1 is 1.16 bits per heavy atom. The summed E-state index contributed by atoms with van der Waals surface area (Å²) >= 11 is 1.12. The molecule has 2 heterocycles. The number of alkyl halides is 3.